The van der Waals surface area contributed by atoms with Gasteiger partial charge in [0.1, 0.15) is 0 Å². The van der Waals surface area contributed by atoms with Crippen LogP contribution in [0.2, 0.25) is 0 Å². The Balaban J connectivity index is 4.22. The third kappa shape index (κ3) is 2.79. The van der Waals surface area contributed by atoms with Crippen molar-refractivity contribution in [3.63, 3.8) is 0 Å². The summed E-state index contributed by atoms with van der Waals surface area (Å²) in [4.78, 5) is 9.93. The minimum atomic E-state index is -4.31. The Labute approximate surface area is 59.5 Å². The van der Waals surface area contributed by atoms with E-state index in [1.54, 1.807) is 6.92 Å². The predicted octanol–water partition coefficient (Wildman–Crippen LogP) is -0.342. The highest BCUT2D eigenvalue weighted by Gasteiger charge is 2.13. The first-order valence-electron chi connectivity index (χ1n) is 2.72. The Morgan fingerprint density at radius 3 is 2.20 bits per heavy atom. The maximum Gasteiger partial charge on any atom is 0.361 e. The zero-order valence-electron chi connectivity index (χ0n) is 5.52. The zero-order valence-corrected chi connectivity index (χ0v) is 6.34. The minimum Gasteiger partial charge on any atom is -0.278 e. The van der Waals surface area contributed by atoms with Crippen LogP contribution in [0.4, 0.5) is 0 Å². The lowest BCUT2D eigenvalue weighted by Crippen LogP contribution is -2.29. The van der Waals surface area contributed by atoms with Crippen molar-refractivity contribution in [2.75, 3.05) is 6.54 Å². The summed E-state index contributed by atoms with van der Waals surface area (Å²) in [6.45, 7) is 1.71. The minimum absolute atomic E-state index is 0.0162. The van der Waals surface area contributed by atoms with E-state index in [0.29, 0.717) is 10.7 Å². The summed E-state index contributed by atoms with van der Waals surface area (Å²) < 4.78 is 29.0. The lowest BCUT2D eigenvalue weighted by molar-refractivity contribution is -0.114. The Morgan fingerprint density at radius 2 is 2.10 bits per heavy atom. The van der Waals surface area contributed by atoms with E-state index in [0.717, 1.165) is 0 Å². The molecule has 0 spiro atoms. The molecule has 0 aliphatic heterocycles. The summed E-state index contributed by atoms with van der Waals surface area (Å²) in [5, 5.41) is 0. The summed E-state index contributed by atoms with van der Waals surface area (Å²) in [6.07, 6.45) is 0.567. The Bertz CT molecular complexity index is 197. The number of rotatable bonds is 4. The predicted molar refractivity (Wildman–Crippen MR) is 34.6 cm³/mol. The average molecular weight is 167 g/mol. The normalized spacial score (nSPS) is 11.0. The van der Waals surface area contributed by atoms with E-state index in [1.165, 1.54) is 0 Å². The summed E-state index contributed by atoms with van der Waals surface area (Å²) >= 11 is 0. The third-order valence-corrected chi connectivity index (χ3v) is 1.72. The quantitative estimate of drug-likeness (QED) is 0.459. The van der Waals surface area contributed by atoms with Gasteiger partial charge in [-0.15, -0.1) is 0 Å². The SMILES string of the molecule is CCCN(C=O)S(=O)(=O)O. The number of hydrogen-bond acceptors (Lipinski definition) is 3. The molecule has 0 aliphatic rings. The first-order valence-corrected chi connectivity index (χ1v) is 4.11. The number of amides is 1. The van der Waals surface area contributed by atoms with Gasteiger partial charge in [0.05, 0.1) is 0 Å². The van der Waals surface area contributed by atoms with Gasteiger partial charge in [-0.05, 0) is 6.42 Å². The molecule has 10 heavy (non-hydrogen) atoms. The van der Waals surface area contributed by atoms with Crippen molar-refractivity contribution in [1.29, 1.82) is 0 Å². The Hall–Kier alpha value is -0.620. The van der Waals surface area contributed by atoms with Crippen molar-refractivity contribution in [2.45, 2.75) is 13.3 Å². The zero-order chi connectivity index (χ0) is 8.20. The van der Waals surface area contributed by atoms with Gasteiger partial charge in [-0.25, -0.2) is 4.31 Å². The molecule has 0 aliphatic carbocycles. The van der Waals surface area contributed by atoms with E-state index < -0.39 is 10.3 Å². The second-order valence-electron chi connectivity index (χ2n) is 1.69. The third-order valence-electron chi connectivity index (χ3n) is 0.858. The van der Waals surface area contributed by atoms with E-state index >= 15 is 0 Å². The number of carbonyl (C=O) groups is 1. The fourth-order valence-corrected chi connectivity index (χ4v) is 0.965. The average Bonchev–Trinajstić information content (AvgIpc) is 1.80. The molecule has 0 atom stereocenters. The van der Waals surface area contributed by atoms with Crippen LogP contribution in [0.3, 0.4) is 0 Å². The molecule has 0 aromatic heterocycles. The van der Waals surface area contributed by atoms with Crippen LogP contribution in [0.15, 0.2) is 0 Å². The molecule has 0 radical (unpaired) electrons. The first kappa shape index (κ1) is 9.38. The number of nitrogens with zero attached hydrogens (tertiary/aromatic N) is 1. The fraction of sp³-hybridized carbons (Fsp3) is 0.750. The van der Waals surface area contributed by atoms with E-state index in [1.807, 2.05) is 0 Å². The maximum absolute atomic E-state index is 10.2. The molecule has 0 heterocycles. The van der Waals surface area contributed by atoms with E-state index in [4.69, 9.17) is 4.55 Å². The highest BCUT2D eigenvalue weighted by Crippen LogP contribution is 1.93. The second-order valence-corrected chi connectivity index (χ2v) is 3.06. The Kier molecular flexibility index (Phi) is 3.31. The molecule has 0 rings (SSSR count). The van der Waals surface area contributed by atoms with Crippen molar-refractivity contribution < 1.29 is 17.8 Å². The molecule has 0 bridgehead atoms. The van der Waals surface area contributed by atoms with E-state index in [-0.39, 0.29) is 13.0 Å². The first-order chi connectivity index (χ1) is 4.52. The number of hydrogen-bond donors (Lipinski definition) is 1. The Morgan fingerprint density at radius 1 is 1.60 bits per heavy atom. The summed E-state index contributed by atoms with van der Waals surface area (Å²) in [5.41, 5.74) is 0. The van der Waals surface area contributed by atoms with Crippen LogP contribution < -0.4 is 0 Å². The topological polar surface area (TPSA) is 74.7 Å². The van der Waals surface area contributed by atoms with Gasteiger partial charge in [-0.2, -0.15) is 8.42 Å². The van der Waals surface area contributed by atoms with Crippen LogP contribution in [0.1, 0.15) is 13.3 Å². The van der Waals surface area contributed by atoms with Crippen LogP contribution >= 0.6 is 0 Å². The molecule has 0 unspecified atom stereocenters. The monoisotopic (exact) mass is 167 g/mol. The van der Waals surface area contributed by atoms with Crippen molar-refractivity contribution in [2.24, 2.45) is 0 Å². The second kappa shape index (κ2) is 3.52. The summed E-state index contributed by atoms with van der Waals surface area (Å²) in [6, 6.07) is 0. The standard InChI is InChI=1S/C4H9NO4S/c1-2-3-5(4-6)10(7,8)9/h4H,2-3H2,1H3,(H,7,8,9). The molecule has 0 aromatic rings. The van der Waals surface area contributed by atoms with Crippen LogP contribution in [-0.2, 0) is 15.1 Å². The van der Waals surface area contributed by atoms with Crippen LogP contribution in [0.25, 0.3) is 0 Å². The molecule has 0 saturated carbocycles. The van der Waals surface area contributed by atoms with Crippen LogP contribution in [0, 0.1) is 0 Å². The van der Waals surface area contributed by atoms with Gasteiger partial charge in [0, 0.05) is 6.54 Å². The molecular weight excluding hydrogens is 158 g/mol. The smallest absolute Gasteiger partial charge is 0.278 e. The molecular formula is C4H9NO4S. The van der Waals surface area contributed by atoms with Gasteiger partial charge in [-0.1, -0.05) is 6.92 Å². The van der Waals surface area contributed by atoms with Gasteiger partial charge < -0.3 is 0 Å². The summed E-state index contributed by atoms with van der Waals surface area (Å²) in [7, 11) is -4.31. The van der Waals surface area contributed by atoms with Crippen LogP contribution in [-0.4, -0.2) is 30.2 Å². The van der Waals surface area contributed by atoms with Crippen molar-refractivity contribution in [1.82, 2.24) is 4.31 Å². The molecule has 0 saturated heterocycles. The molecule has 1 amide bonds. The lowest BCUT2D eigenvalue weighted by Gasteiger charge is -2.09. The molecule has 1 N–H and O–H groups in total. The maximum atomic E-state index is 10.2. The molecule has 0 aromatic carbocycles. The number of carbonyl (C=O) groups excluding carboxylic acids is 1. The van der Waals surface area contributed by atoms with Crippen LogP contribution in [0.5, 0.6) is 0 Å². The molecule has 6 heteroatoms. The summed E-state index contributed by atoms with van der Waals surface area (Å²) in [5.74, 6) is 0. The molecule has 5 nitrogen and oxygen atoms in total. The lowest BCUT2D eigenvalue weighted by atomic mass is 10.5. The van der Waals surface area contributed by atoms with Gasteiger partial charge in [0.25, 0.3) is 0 Å². The molecule has 60 valence electrons. The van der Waals surface area contributed by atoms with E-state index in [2.05, 4.69) is 0 Å². The largest absolute Gasteiger partial charge is 0.361 e. The molecule has 0 fully saturated rings. The van der Waals surface area contributed by atoms with Crippen molar-refractivity contribution >= 4 is 16.7 Å². The fourth-order valence-electron chi connectivity index (χ4n) is 0.443. The van der Waals surface area contributed by atoms with Gasteiger partial charge in [0.15, 0.2) is 0 Å². The van der Waals surface area contributed by atoms with Gasteiger partial charge >= 0.3 is 10.3 Å². The van der Waals surface area contributed by atoms with Gasteiger partial charge in [0.2, 0.25) is 6.41 Å². The van der Waals surface area contributed by atoms with Crippen molar-refractivity contribution in [3.05, 3.63) is 0 Å². The highest BCUT2D eigenvalue weighted by atomic mass is 32.2. The van der Waals surface area contributed by atoms with Crippen molar-refractivity contribution in [3.8, 4) is 0 Å². The van der Waals surface area contributed by atoms with Gasteiger partial charge in [-0.3, -0.25) is 9.35 Å². The highest BCUT2D eigenvalue weighted by molar-refractivity contribution is 7.83. The van der Waals surface area contributed by atoms with E-state index in [9.17, 15) is 13.2 Å².